The van der Waals surface area contributed by atoms with E-state index in [0.29, 0.717) is 18.8 Å². The highest BCUT2D eigenvalue weighted by Crippen LogP contribution is 2.51. The van der Waals surface area contributed by atoms with E-state index in [-0.39, 0.29) is 12.2 Å². The van der Waals surface area contributed by atoms with E-state index in [1.165, 1.54) is 36.8 Å². The summed E-state index contributed by atoms with van der Waals surface area (Å²) in [6.07, 6.45) is 9.02. The van der Waals surface area contributed by atoms with Crippen LogP contribution in [0.2, 0.25) is 0 Å². The first-order valence-corrected chi connectivity index (χ1v) is 11.4. The molecular weight excluding hydrogens is 366 g/mol. The van der Waals surface area contributed by atoms with Crippen LogP contribution in [0.1, 0.15) is 49.1 Å². The van der Waals surface area contributed by atoms with Crippen molar-refractivity contribution in [2.75, 3.05) is 26.6 Å². The number of fused-ring (bicyclic) bond motifs is 3. The molecule has 29 heavy (non-hydrogen) atoms. The minimum absolute atomic E-state index is 0.0712. The van der Waals surface area contributed by atoms with E-state index in [2.05, 4.69) is 23.1 Å². The number of hydrogen-bond acceptors (Lipinski definition) is 5. The van der Waals surface area contributed by atoms with Gasteiger partial charge in [0.25, 0.3) is 0 Å². The predicted octanol–water partition coefficient (Wildman–Crippen LogP) is 3.62. The zero-order valence-electron chi connectivity index (χ0n) is 16.8. The van der Waals surface area contributed by atoms with Crippen molar-refractivity contribution < 1.29 is 18.9 Å². The van der Waals surface area contributed by atoms with Crippen molar-refractivity contribution in [3.05, 3.63) is 34.9 Å². The first kappa shape index (κ1) is 17.2. The molecule has 4 atom stereocenters. The van der Waals surface area contributed by atoms with Crippen LogP contribution in [-0.4, -0.2) is 49.7 Å². The molecule has 0 amide bonds. The summed E-state index contributed by atoms with van der Waals surface area (Å²) in [6, 6.07) is 4.90. The van der Waals surface area contributed by atoms with Gasteiger partial charge in [-0.25, -0.2) is 0 Å². The molecule has 5 nitrogen and oxygen atoms in total. The van der Waals surface area contributed by atoms with Crippen LogP contribution in [-0.2, 0) is 16.0 Å². The van der Waals surface area contributed by atoms with Gasteiger partial charge in [-0.15, -0.1) is 0 Å². The molecule has 1 saturated heterocycles. The van der Waals surface area contributed by atoms with Gasteiger partial charge >= 0.3 is 0 Å². The lowest BCUT2D eigenvalue weighted by molar-refractivity contribution is -0.0855. The smallest absolute Gasteiger partial charge is 0.231 e. The Morgan fingerprint density at radius 1 is 0.966 bits per heavy atom. The molecule has 3 aliphatic carbocycles. The minimum atomic E-state index is 0.0712. The van der Waals surface area contributed by atoms with Crippen molar-refractivity contribution in [3.8, 4) is 11.5 Å². The van der Waals surface area contributed by atoms with Gasteiger partial charge in [0.1, 0.15) is 6.10 Å². The molecule has 0 N–H and O–H groups in total. The third-order valence-corrected chi connectivity index (χ3v) is 7.67. The number of ether oxygens (including phenoxy) is 4. The van der Waals surface area contributed by atoms with Gasteiger partial charge in [0, 0.05) is 31.7 Å². The predicted molar refractivity (Wildman–Crippen MR) is 107 cm³/mol. The maximum atomic E-state index is 6.67. The Morgan fingerprint density at radius 3 is 2.52 bits per heavy atom. The molecule has 7 rings (SSSR count). The van der Waals surface area contributed by atoms with Crippen LogP contribution in [0.25, 0.3) is 0 Å². The molecule has 0 spiro atoms. The number of rotatable bonds is 6. The molecular formula is C24H29NO4. The van der Waals surface area contributed by atoms with E-state index < -0.39 is 0 Å². The summed E-state index contributed by atoms with van der Waals surface area (Å²) in [4.78, 5) is 2.64. The van der Waals surface area contributed by atoms with E-state index in [0.717, 1.165) is 56.1 Å². The summed E-state index contributed by atoms with van der Waals surface area (Å²) < 4.78 is 24.6. The molecule has 0 bridgehead atoms. The van der Waals surface area contributed by atoms with Crippen LogP contribution in [0.5, 0.6) is 11.5 Å². The van der Waals surface area contributed by atoms with Crippen molar-refractivity contribution in [3.63, 3.8) is 0 Å². The van der Waals surface area contributed by atoms with Gasteiger partial charge in [-0.2, -0.15) is 0 Å². The maximum Gasteiger partial charge on any atom is 0.231 e. The fraction of sp³-hybridized carbons (Fsp3) is 0.667. The highest BCUT2D eigenvalue weighted by atomic mass is 16.7. The molecule has 0 radical (unpaired) electrons. The Hall–Kier alpha value is -1.56. The van der Waals surface area contributed by atoms with Crippen molar-refractivity contribution >= 4 is 0 Å². The monoisotopic (exact) mass is 395 g/mol. The first-order chi connectivity index (χ1) is 14.3. The molecule has 2 saturated carbocycles. The third kappa shape index (κ3) is 2.93. The van der Waals surface area contributed by atoms with Crippen molar-refractivity contribution in [1.82, 2.24) is 4.90 Å². The summed E-state index contributed by atoms with van der Waals surface area (Å²) in [7, 11) is 0. The van der Waals surface area contributed by atoms with Crippen LogP contribution in [0, 0.1) is 11.8 Å². The van der Waals surface area contributed by atoms with Crippen LogP contribution in [0.3, 0.4) is 0 Å². The molecule has 5 heteroatoms. The highest BCUT2D eigenvalue weighted by molar-refractivity contribution is 5.53. The molecule has 0 unspecified atom stereocenters. The Kier molecular flexibility index (Phi) is 3.83. The largest absolute Gasteiger partial charge is 0.454 e. The van der Waals surface area contributed by atoms with Gasteiger partial charge in [0.15, 0.2) is 11.5 Å². The molecule has 6 aliphatic rings. The Morgan fingerprint density at radius 2 is 1.72 bits per heavy atom. The Balaban J connectivity index is 1.29. The summed E-state index contributed by atoms with van der Waals surface area (Å²) in [5.41, 5.74) is 4.33. The summed E-state index contributed by atoms with van der Waals surface area (Å²) in [5, 5.41) is 0. The first-order valence-electron chi connectivity index (χ1n) is 11.4. The summed E-state index contributed by atoms with van der Waals surface area (Å²) in [6.45, 7) is 4.21. The van der Waals surface area contributed by atoms with E-state index in [9.17, 15) is 0 Å². The lowest BCUT2D eigenvalue weighted by atomic mass is 9.73. The van der Waals surface area contributed by atoms with Gasteiger partial charge in [-0.3, -0.25) is 4.90 Å². The standard InChI is InChI=1S/C24H29NO4/c1-2-14(1)11-26-21-7-16-5-6-25-10-17-8-19-20(29-13-28-19)9-18(17)22(23(16)25)24(21)27-12-15-3-4-15/h7-9,14-15,21-24H,1-6,10-13H2/t21-,22-,23+,24+/m0/s1. The highest BCUT2D eigenvalue weighted by Gasteiger charge is 2.51. The lowest BCUT2D eigenvalue weighted by Crippen LogP contribution is -2.51. The molecule has 154 valence electrons. The van der Waals surface area contributed by atoms with E-state index in [1.54, 1.807) is 5.57 Å². The molecule has 3 fully saturated rings. The second kappa shape index (κ2) is 6.47. The molecule has 3 heterocycles. The van der Waals surface area contributed by atoms with Gasteiger partial charge in [0.05, 0.1) is 12.7 Å². The fourth-order valence-corrected chi connectivity index (χ4v) is 5.72. The number of nitrogens with zero attached hydrogens (tertiary/aromatic N) is 1. The zero-order valence-corrected chi connectivity index (χ0v) is 16.8. The van der Waals surface area contributed by atoms with Crippen LogP contribution in [0.15, 0.2) is 23.8 Å². The summed E-state index contributed by atoms with van der Waals surface area (Å²) >= 11 is 0. The third-order valence-electron chi connectivity index (χ3n) is 7.67. The molecule has 0 aromatic heterocycles. The van der Waals surface area contributed by atoms with Crippen molar-refractivity contribution in [2.24, 2.45) is 11.8 Å². The maximum absolute atomic E-state index is 6.67. The average molecular weight is 395 g/mol. The fourth-order valence-electron chi connectivity index (χ4n) is 5.72. The van der Waals surface area contributed by atoms with Gasteiger partial charge in [-0.1, -0.05) is 11.6 Å². The van der Waals surface area contributed by atoms with Crippen molar-refractivity contribution in [2.45, 2.75) is 62.8 Å². The van der Waals surface area contributed by atoms with Crippen LogP contribution >= 0.6 is 0 Å². The van der Waals surface area contributed by atoms with Gasteiger partial charge in [-0.05, 0) is 67.2 Å². The summed E-state index contributed by atoms with van der Waals surface area (Å²) in [5.74, 6) is 3.62. The second-order valence-corrected chi connectivity index (χ2v) is 9.82. The van der Waals surface area contributed by atoms with Crippen molar-refractivity contribution in [1.29, 1.82) is 0 Å². The topological polar surface area (TPSA) is 40.2 Å². The Labute approximate surface area is 171 Å². The lowest BCUT2D eigenvalue weighted by Gasteiger charge is -2.47. The zero-order chi connectivity index (χ0) is 18.9. The molecule has 1 aromatic rings. The second-order valence-electron chi connectivity index (χ2n) is 9.82. The normalized spacial score (nSPS) is 34.7. The SMILES string of the molecule is C1=C2CCN3Cc4cc5c(cc4[C@H]([C@H](OCC4CC4)[C@H]1OCC1CC1)[C@@H]23)OCO5. The van der Waals surface area contributed by atoms with Gasteiger partial charge < -0.3 is 18.9 Å². The van der Waals surface area contributed by atoms with E-state index in [1.807, 2.05) is 0 Å². The average Bonchev–Trinajstić information content (AvgIpc) is 3.65. The number of hydrogen-bond donors (Lipinski definition) is 0. The molecule has 1 aromatic carbocycles. The van der Waals surface area contributed by atoms with Crippen LogP contribution in [0.4, 0.5) is 0 Å². The van der Waals surface area contributed by atoms with E-state index >= 15 is 0 Å². The Bertz CT molecular complexity index is 859. The van der Waals surface area contributed by atoms with Crippen LogP contribution < -0.4 is 9.47 Å². The van der Waals surface area contributed by atoms with E-state index in [4.69, 9.17) is 18.9 Å². The minimum Gasteiger partial charge on any atom is -0.454 e. The molecule has 3 aliphatic heterocycles. The van der Waals surface area contributed by atoms with Gasteiger partial charge in [0.2, 0.25) is 6.79 Å². The number of benzene rings is 1. The quantitative estimate of drug-likeness (QED) is 0.688.